The van der Waals surface area contributed by atoms with Gasteiger partial charge in [-0.1, -0.05) is 38.1 Å². The largest absolute Gasteiger partial charge is 0.385 e. The van der Waals surface area contributed by atoms with E-state index in [9.17, 15) is 0 Å². The summed E-state index contributed by atoms with van der Waals surface area (Å²) in [5.41, 5.74) is 5.09. The van der Waals surface area contributed by atoms with Gasteiger partial charge in [0.2, 0.25) is 0 Å². The lowest BCUT2D eigenvalue weighted by Gasteiger charge is -2.20. The molecule has 0 saturated heterocycles. The number of nitrogens with one attached hydrogen (secondary N) is 1. The summed E-state index contributed by atoms with van der Waals surface area (Å²) < 4.78 is 0. The van der Waals surface area contributed by atoms with Gasteiger partial charge in [-0.05, 0) is 25.0 Å². The van der Waals surface area contributed by atoms with Crippen molar-refractivity contribution in [3.05, 3.63) is 41.5 Å². The van der Waals surface area contributed by atoms with Crippen LogP contribution in [0.3, 0.4) is 0 Å². The van der Waals surface area contributed by atoms with Gasteiger partial charge >= 0.3 is 0 Å². The first kappa shape index (κ1) is 10.8. The van der Waals surface area contributed by atoms with Crippen LogP contribution in [0.1, 0.15) is 30.5 Å². The lowest BCUT2D eigenvalue weighted by molar-refractivity contribution is 0.815. The number of aryl methyl sites for hydroxylation is 1. The van der Waals surface area contributed by atoms with Crippen LogP contribution in [0, 0.1) is 6.92 Å². The van der Waals surface area contributed by atoms with Gasteiger partial charge in [0.15, 0.2) is 0 Å². The van der Waals surface area contributed by atoms with Crippen LogP contribution < -0.4 is 5.32 Å². The molecule has 0 radical (unpaired) electrons. The molecule has 1 nitrogen and oxygen atoms in total. The van der Waals surface area contributed by atoms with Crippen molar-refractivity contribution in [1.82, 2.24) is 5.32 Å². The summed E-state index contributed by atoms with van der Waals surface area (Å²) in [5.74, 6) is 0. The van der Waals surface area contributed by atoms with Gasteiger partial charge in [0.25, 0.3) is 0 Å². The van der Waals surface area contributed by atoms with E-state index >= 15 is 0 Å². The molecule has 0 fully saturated rings. The van der Waals surface area contributed by atoms with Crippen LogP contribution >= 0.6 is 0 Å². The lowest BCUT2D eigenvalue weighted by atomic mass is 9.97. The fourth-order valence-electron chi connectivity index (χ4n) is 1.63. The van der Waals surface area contributed by atoms with E-state index in [1.165, 1.54) is 16.7 Å². The lowest BCUT2D eigenvalue weighted by Crippen LogP contribution is -2.21. The molecule has 0 bridgehead atoms. The van der Waals surface area contributed by atoms with E-state index in [4.69, 9.17) is 0 Å². The van der Waals surface area contributed by atoms with Crippen LogP contribution in [0.4, 0.5) is 0 Å². The molecule has 2 rings (SSSR count). The highest BCUT2D eigenvalue weighted by Crippen LogP contribution is 2.21. The van der Waals surface area contributed by atoms with Gasteiger partial charge in [0.05, 0.1) is 0 Å². The van der Waals surface area contributed by atoms with Crippen LogP contribution in [0.15, 0.2) is 24.8 Å². The number of hydrogen-bond donors (Lipinski definition) is 1. The quantitative estimate of drug-likeness (QED) is 0.661. The molecule has 1 aromatic rings. The van der Waals surface area contributed by atoms with Gasteiger partial charge in [-0.2, -0.15) is 0 Å². The fraction of sp³-hybridized carbons (Fsp3) is 0.385. The molecule has 0 amide bonds. The zero-order chi connectivity index (χ0) is 10.6. The predicted molar refractivity (Wildman–Crippen MR) is 63.3 cm³/mol. The molecule has 1 aliphatic heterocycles. The van der Waals surface area contributed by atoms with Crippen LogP contribution in [0.2, 0.25) is 0 Å². The Morgan fingerprint density at radius 3 is 2.71 bits per heavy atom. The minimum Gasteiger partial charge on any atom is -0.385 e. The second-order valence-electron chi connectivity index (χ2n) is 3.32. The number of benzene rings is 1. The highest BCUT2D eigenvalue weighted by atomic mass is 14.9. The zero-order valence-electron chi connectivity index (χ0n) is 9.35. The summed E-state index contributed by atoms with van der Waals surface area (Å²) in [6.07, 6.45) is 1.12. The van der Waals surface area contributed by atoms with Crippen LogP contribution in [-0.2, 0) is 6.42 Å². The van der Waals surface area contributed by atoms with E-state index in [2.05, 4.69) is 37.0 Å². The van der Waals surface area contributed by atoms with Crippen molar-refractivity contribution in [3.63, 3.8) is 0 Å². The van der Waals surface area contributed by atoms with Crippen LogP contribution in [0.25, 0.3) is 5.70 Å². The Hall–Kier alpha value is -1.24. The maximum Gasteiger partial charge on any atom is 0.0343 e. The molecule has 0 aliphatic carbocycles. The summed E-state index contributed by atoms with van der Waals surface area (Å²) in [5, 5.41) is 3.27. The van der Waals surface area contributed by atoms with Gasteiger partial charge in [0, 0.05) is 17.8 Å². The van der Waals surface area contributed by atoms with E-state index in [-0.39, 0.29) is 0 Å². The summed E-state index contributed by atoms with van der Waals surface area (Å²) in [4.78, 5) is 0. The normalized spacial score (nSPS) is 13.5. The third-order valence-electron chi connectivity index (χ3n) is 2.32. The molecule has 1 heterocycles. The molecule has 1 N–H and O–H groups in total. The molecule has 0 spiro atoms. The van der Waals surface area contributed by atoms with Gasteiger partial charge in [0.1, 0.15) is 0 Å². The topological polar surface area (TPSA) is 12.0 Å². The first-order valence-electron chi connectivity index (χ1n) is 5.30. The Morgan fingerprint density at radius 1 is 1.29 bits per heavy atom. The minimum atomic E-state index is 1.02. The first-order chi connectivity index (χ1) is 6.77. The Bertz CT molecular complexity index is 326. The second kappa shape index (κ2) is 4.85. The van der Waals surface area contributed by atoms with Gasteiger partial charge in [-0.15, -0.1) is 0 Å². The SMILES string of the molecule is C=C1NCCc2ccc(C)cc21.CC. The Morgan fingerprint density at radius 2 is 2.00 bits per heavy atom. The highest BCUT2D eigenvalue weighted by molar-refractivity contribution is 5.67. The van der Waals surface area contributed by atoms with Crippen LogP contribution in [-0.4, -0.2) is 6.54 Å². The number of rotatable bonds is 0. The molecule has 0 unspecified atom stereocenters. The number of fused-ring (bicyclic) bond motifs is 1. The van der Waals surface area contributed by atoms with Crippen molar-refractivity contribution in [2.45, 2.75) is 27.2 Å². The molecular formula is C13H19N. The van der Waals surface area contributed by atoms with Crippen molar-refractivity contribution in [1.29, 1.82) is 0 Å². The van der Waals surface area contributed by atoms with Gasteiger partial charge in [-0.3, -0.25) is 0 Å². The molecule has 76 valence electrons. The van der Waals surface area contributed by atoms with Crippen molar-refractivity contribution >= 4 is 5.70 Å². The van der Waals surface area contributed by atoms with E-state index < -0.39 is 0 Å². The van der Waals surface area contributed by atoms with Crippen molar-refractivity contribution < 1.29 is 0 Å². The van der Waals surface area contributed by atoms with E-state index in [0.717, 1.165) is 18.7 Å². The molecule has 0 saturated carbocycles. The molecule has 1 aliphatic rings. The van der Waals surface area contributed by atoms with E-state index in [1.807, 2.05) is 13.8 Å². The molecule has 0 atom stereocenters. The van der Waals surface area contributed by atoms with Gasteiger partial charge < -0.3 is 5.32 Å². The first-order valence-corrected chi connectivity index (χ1v) is 5.30. The molecule has 1 heteroatoms. The number of hydrogen-bond acceptors (Lipinski definition) is 1. The zero-order valence-corrected chi connectivity index (χ0v) is 9.35. The Labute approximate surface area is 86.8 Å². The monoisotopic (exact) mass is 189 g/mol. The van der Waals surface area contributed by atoms with Crippen molar-refractivity contribution in [3.8, 4) is 0 Å². The highest BCUT2D eigenvalue weighted by Gasteiger charge is 2.10. The standard InChI is InChI=1S/C11H13N.C2H6/c1-8-3-4-10-5-6-12-9(2)11(10)7-8;1-2/h3-4,7,12H,2,5-6H2,1H3;1-2H3. The van der Waals surface area contributed by atoms with Crippen LogP contribution in [0.5, 0.6) is 0 Å². The molecule has 14 heavy (non-hydrogen) atoms. The fourth-order valence-corrected chi connectivity index (χ4v) is 1.63. The summed E-state index contributed by atoms with van der Waals surface area (Å²) >= 11 is 0. The molecule has 0 aromatic heterocycles. The molecular weight excluding hydrogens is 170 g/mol. The predicted octanol–water partition coefficient (Wildman–Crippen LogP) is 3.14. The Balaban J connectivity index is 0.000000461. The Kier molecular flexibility index (Phi) is 3.75. The maximum absolute atomic E-state index is 3.99. The van der Waals surface area contributed by atoms with Crippen molar-refractivity contribution in [2.75, 3.05) is 6.54 Å². The van der Waals surface area contributed by atoms with Gasteiger partial charge in [-0.25, -0.2) is 0 Å². The summed E-state index contributed by atoms with van der Waals surface area (Å²) in [7, 11) is 0. The average Bonchev–Trinajstić information content (AvgIpc) is 2.22. The summed E-state index contributed by atoms with van der Waals surface area (Å²) in [6.45, 7) is 11.1. The second-order valence-corrected chi connectivity index (χ2v) is 3.32. The molecule has 1 aromatic carbocycles. The smallest absolute Gasteiger partial charge is 0.0343 e. The van der Waals surface area contributed by atoms with E-state index in [0.29, 0.717) is 0 Å². The third-order valence-corrected chi connectivity index (χ3v) is 2.32. The summed E-state index contributed by atoms with van der Waals surface area (Å²) in [6, 6.07) is 6.57. The average molecular weight is 189 g/mol. The third kappa shape index (κ3) is 2.16. The maximum atomic E-state index is 3.99. The van der Waals surface area contributed by atoms with Crippen molar-refractivity contribution in [2.24, 2.45) is 0 Å². The minimum absolute atomic E-state index is 1.02. The van der Waals surface area contributed by atoms with E-state index in [1.54, 1.807) is 0 Å².